The van der Waals surface area contributed by atoms with Gasteiger partial charge in [-0.2, -0.15) is 0 Å². The first-order valence-corrected chi connectivity index (χ1v) is 5.34. The summed E-state index contributed by atoms with van der Waals surface area (Å²) in [5, 5.41) is 12.1. The van der Waals surface area contributed by atoms with Crippen molar-refractivity contribution in [3.8, 4) is 0 Å². The lowest BCUT2D eigenvalue weighted by Crippen LogP contribution is -2.19. The van der Waals surface area contributed by atoms with Gasteiger partial charge in [0.05, 0.1) is 5.69 Å². The molecule has 16 heavy (non-hydrogen) atoms. The summed E-state index contributed by atoms with van der Waals surface area (Å²) < 4.78 is 0. The molecule has 0 spiro atoms. The highest BCUT2D eigenvalue weighted by Gasteiger charge is 2.10. The fourth-order valence-corrected chi connectivity index (χ4v) is 1.27. The van der Waals surface area contributed by atoms with Crippen LogP contribution in [-0.2, 0) is 6.54 Å². The smallest absolute Gasteiger partial charge is 0.339 e. The van der Waals surface area contributed by atoms with Gasteiger partial charge >= 0.3 is 5.97 Å². The van der Waals surface area contributed by atoms with Crippen molar-refractivity contribution in [1.82, 2.24) is 15.3 Å². The molecule has 5 nitrogen and oxygen atoms in total. The number of rotatable bonds is 6. The Morgan fingerprint density at radius 1 is 1.56 bits per heavy atom. The minimum atomic E-state index is -0.985. The maximum Gasteiger partial charge on any atom is 0.339 e. The van der Waals surface area contributed by atoms with Crippen LogP contribution < -0.4 is 5.32 Å². The molecule has 0 saturated heterocycles. The number of carbonyl (C=O) groups is 1. The molecule has 0 unspecified atom stereocenters. The monoisotopic (exact) mass is 223 g/mol. The molecule has 1 aromatic heterocycles. The van der Waals surface area contributed by atoms with E-state index in [1.54, 1.807) is 0 Å². The molecule has 0 aromatic carbocycles. The van der Waals surface area contributed by atoms with E-state index in [1.807, 2.05) is 0 Å². The van der Waals surface area contributed by atoms with Gasteiger partial charge in [0, 0.05) is 12.7 Å². The summed E-state index contributed by atoms with van der Waals surface area (Å²) in [5.41, 5.74) is 0.700. The van der Waals surface area contributed by atoms with Crippen LogP contribution >= 0.6 is 0 Å². The van der Waals surface area contributed by atoms with Crippen molar-refractivity contribution in [2.45, 2.75) is 26.8 Å². The number of aromatic carboxylic acids is 1. The summed E-state index contributed by atoms with van der Waals surface area (Å²) in [6.45, 7) is 5.63. The van der Waals surface area contributed by atoms with Gasteiger partial charge in [0.15, 0.2) is 0 Å². The van der Waals surface area contributed by atoms with Crippen LogP contribution in [0.1, 0.15) is 36.3 Å². The Morgan fingerprint density at radius 3 is 2.94 bits per heavy atom. The summed E-state index contributed by atoms with van der Waals surface area (Å²) in [4.78, 5) is 18.5. The van der Waals surface area contributed by atoms with Gasteiger partial charge in [-0.3, -0.25) is 0 Å². The fraction of sp³-hybridized carbons (Fsp3) is 0.545. The SMILES string of the molecule is CC(C)CCNCc1ncncc1C(=O)O. The molecular weight excluding hydrogens is 206 g/mol. The number of nitrogens with zero attached hydrogens (tertiary/aromatic N) is 2. The number of aromatic nitrogens is 2. The van der Waals surface area contributed by atoms with Crippen molar-refractivity contribution >= 4 is 5.97 Å². The molecule has 88 valence electrons. The zero-order valence-corrected chi connectivity index (χ0v) is 9.60. The third-order valence-electron chi connectivity index (χ3n) is 2.22. The average Bonchev–Trinajstić information content (AvgIpc) is 2.24. The summed E-state index contributed by atoms with van der Waals surface area (Å²) in [5.74, 6) is -0.349. The van der Waals surface area contributed by atoms with Crippen molar-refractivity contribution in [3.05, 3.63) is 23.8 Å². The van der Waals surface area contributed by atoms with E-state index < -0.39 is 5.97 Å². The lowest BCUT2D eigenvalue weighted by molar-refractivity contribution is 0.0694. The van der Waals surface area contributed by atoms with E-state index in [9.17, 15) is 4.79 Å². The second-order valence-electron chi connectivity index (χ2n) is 4.05. The van der Waals surface area contributed by atoms with Gasteiger partial charge in [0.2, 0.25) is 0 Å². The molecule has 1 aromatic rings. The summed E-state index contributed by atoms with van der Waals surface area (Å²) in [7, 11) is 0. The molecule has 0 aliphatic carbocycles. The Morgan fingerprint density at radius 2 is 2.31 bits per heavy atom. The first-order chi connectivity index (χ1) is 7.61. The molecule has 0 bridgehead atoms. The third-order valence-corrected chi connectivity index (χ3v) is 2.22. The Labute approximate surface area is 94.9 Å². The average molecular weight is 223 g/mol. The topological polar surface area (TPSA) is 75.1 Å². The number of carboxylic acids is 1. The van der Waals surface area contributed by atoms with E-state index >= 15 is 0 Å². The van der Waals surface area contributed by atoms with E-state index in [4.69, 9.17) is 5.11 Å². The number of hydrogen-bond donors (Lipinski definition) is 2. The van der Waals surface area contributed by atoms with Gasteiger partial charge in [-0.25, -0.2) is 14.8 Å². The van der Waals surface area contributed by atoms with Gasteiger partial charge in [-0.1, -0.05) is 13.8 Å². The highest BCUT2D eigenvalue weighted by atomic mass is 16.4. The van der Waals surface area contributed by atoms with Crippen LogP contribution in [0.4, 0.5) is 0 Å². The van der Waals surface area contributed by atoms with Crippen LogP contribution in [0.2, 0.25) is 0 Å². The molecule has 0 saturated carbocycles. The lowest BCUT2D eigenvalue weighted by atomic mass is 10.1. The predicted molar refractivity (Wildman–Crippen MR) is 60.2 cm³/mol. The molecule has 0 fully saturated rings. The van der Waals surface area contributed by atoms with Gasteiger partial charge in [0.1, 0.15) is 11.9 Å². The fourth-order valence-electron chi connectivity index (χ4n) is 1.27. The quantitative estimate of drug-likeness (QED) is 0.711. The third kappa shape index (κ3) is 3.94. The van der Waals surface area contributed by atoms with Crippen LogP contribution in [0, 0.1) is 5.92 Å². The lowest BCUT2D eigenvalue weighted by Gasteiger charge is -2.07. The van der Waals surface area contributed by atoms with Crippen molar-refractivity contribution in [1.29, 1.82) is 0 Å². The van der Waals surface area contributed by atoms with Crippen LogP contribution in [0.5, 0.6) is 0 Å². The second kappa shape index (κ2) is 6.17. The molecule has 0 aliphatic heterocycles. The summed E-state index contributed by atoms with van der Waals surface area (Å²) in [6.07, 6.45) is 3.76. The molecule has 1 rings (SSSR count). The first-order valence-electron chi connectivity index (χ1n) is 5.34. The van der Waals surface area contributed by atoms with E-state index in [2.05, 4.69) is 29.1 Å². The van der Waals surface area contributed by atoms with Gasteiger partial charge in [-0.05, 0) is 18.9 Å². The maximum absolute atomic E-state index is 10.9. The van der Waals surface area contributed by atoms with E-state index in [-0.39, 0.29) is 5.56 Å². The zero-order valence-electron chi connectivity index (χ0n) is 9.60. The highest BCUT2D eigenvalue weighted by Crippen LogP contribution is 2.03. The first kappa shape index (κ1) is 12.6. The highest BCUT2D eigenvalue weighted by molar-refractivity contribution is 5.88. The number of carboxylic acid groups (broad SMARTS) is 1. The molecule has 0 radical (unpaired) electrons. The number of nitrogens with one attached hydrogen (secondary N) is 1. The molecule has 5 heteroatoms. The van der Waals surface area contributed by atoms with Gasteiger partial charge in [0.25, 0.3) is 0 Å². The van der Waals surface area contributed by atoms with Crippen molar-refractivity contribution in [3.63, 3.8) is 0 Å². The van der Waals surface area contributed by atoms with E-state index in [1.165, 1.54) is 12.5 Å². The van der Waals surface area contributed by atoms with Crippen molar-refractivity contribution in [2.75, 3.05) is 6.54 Å². The Bertz CT molecular complexity index is 353. The van der Waals surface area contributed by atoms with Crippen molar-refractivity contribution < 1.29 is 9.90 Å². The molecule has 0 amide bonds. The number of hydrogen-bond acceptors (Lipinski definition) is 4. The van der Waals surface area contributed by atoms with E-state index in [0.29, 0.717) is 18.2 Å². The normalized spacial score (nSPS) is 10.7. The minimum absolute atomic E-state index is 0.166. The predicted octanol–water partition coefficient (Wildman–Crippen LogP) is 1.31. The molecule has 2 N–H and O–H groups in total. The maximum atomic E-state index is 10.9. The minimum Gasteiger partial charge on any atom is -0.478 e. The molecule has 0 aliphatic rings. The van der Waals surface area contributed by atoms with Crippen LogP contribution in [0.15, 0.2) is 12.5 Å². The van der Waals surface area contributed by atoms with Crippen LogP contribution in [-0.4, -0.2) is 27.6 Å². The van der Waals surface area contributed by atoms with Crippen molar-refractivity contribution in [2.24, 2.45) is 5.92 Å². The second-order valence-corrected chi connectivity index (χ2v) is 4.05. The van der Waals surface area contributed by atoms with E-state index in [0.717, 1.165) is 13.0 Å². The zero-order chi connectivity index (χ0) is 12.0. The van der Waals surface area contributed by atoms with Gasteiger partial charge in [-0.15, -0.1) is 0 Å². The summed E-state index contributed by atoms with van der Waals surface area (Å²) in [6, 6.07) is 0. The molecule has 0 atom stereocenters. The standard InChI is InChI=1S/C11H17N3O2/c1-8(2)3-4-12-6-10-9(11(15)16)5-13-7-14-10/h5,7-8,12H,3-4,6H2,1-2H3,(H,15,16). The largest absolute Gasteiger partial charge is 0.478 e. The summed E-state index contributed by atoms with van der Waals surface area (Å²) >= 11 is 0. The van der Waals surface area contributed by atoms with Gasteiger partial charge < -0.3 is 10.4 Å². The Kier molecular flexibility index (Phi) is 4.85. The Hall–Kier alpha value is -1.49. The van der Waals surface area contributed by atoms with Crippen LogP contribution in [0.3, 0.4) is 0 Å². The Balaban J connectivity index is 2.50. The molecular formula is C11H17N3O2. The van der Waals surface area contributed by atoms with Crippen LogP contribution in [0.25, 0.3) is 0 Å². The molecule has 1 heterocycles.